The van der Waals surface area contributed by atoms with Crippen LogP contribution < -0.4 is 5.32 Å². The molecule has 2 rings (SSSR count). The lowest BCUT2D eigenvalue weighted by Gasteiger charge is -2.17. The highest BCUT2D eigenvalue weighted by molar-refractivity contribution is 6.53. The molecule has 0 heterocycles. The molecule has 1 amide bonds. The van der Waals surface area contributed by atoms with Crippen LogP contribution in [-0.4, -0.2) is 22.3 Å². The number of carbonyl (C=O) groups is 2. The van der Waals surface area contributed by atoms with Crippen molar-refractivity contribution >= 4 is 40.8 Å². The van der Waals surface area contributed by atoms with E-state index < -0.39 is 27.7 Å². The Morgan fingerprint density at radius 1 is 1.30 bits per heavy atom. The molecule has 1 fully saturated rings. The molecular formula is C14H15Cl2NO3. The number of anilines is 1. The molecule has 0 radical (unpaired) electrons. The Bertz CT molecular complexity index is 532. The smallest absolute Gasteiger partial charge is 0.315 e. The first-order valence-electron chi connectivity index (χ1n) is 6.21. The van der Waals surface area contributed by atoms with Crippen molar-refractivity contribution in [2.75, 3.05) is 5.32 Å². The molecule has 0 unspecified atom stereocenters. The molecule has 0 saturated heterocycles. The minimum atomic E-state index is -1.10. The van der Waals surface area contributed by atoms with Gasteiger partial charge in [-0.25, -0.2) is 0 Å². The summed E-state index contributed by atoms with van der Waals surface area (Å²) in [4.78, 5) is 23.8. The van der Waals surface area contributed by atoms with Crippen LogP contribution in [0.25, 0.3) is 0 Å². The fourth-order valence-electron chi connectivity index (χ4n) is 1.73. The fourth-order valence-corrected chi connectivity index (χ4v) is 2.42. The number of alkyl halides is 2. The first kappa shape index (κ1) is 15.1. The Kier molecular flexibility index (Phi) is 3.98. The van der Waals surface area contributed by atoms with Gasteiger partial charge in [0.25, 0.3) is 5.91 Å². The lowest BCUT2D eigenvalue weighted by molar-refractivity contribution is -0.158. The van der Waals surface area contributed by atoms with E-state index in [9.17, 15) is 9.59 Å². The molecule has 2 atom stereocenters. The van der Waals surface area contributed by atoms with Crippen molar-refractivity contribution in [3.8, 4) is 0 Å². The van der Waals surface area contributed by atoms with Crippen molar-refractivity contribution in [1.82, 2.24) is 0 Å². The van der Waals surface area contributed by atoms with Crippen LogP contribution in [-0.2, 0) is 14.3 Å². The number of benzene rings is 1. The van der Waals surface area contributed by atoms with Crippen LogP contribution in [0.1, 0.15) is 20.3 Å². The van der Waals surface area contributed by atoms with Crippen LogP contribution in [0.3, 0.4) is 0 Å². The number of rotatable bonds is 4. The minimum Gasteiger partial charge on any atom is -0.452 e. The van der Waals surface area contributed by atoms with Crippen molar-refractivity contribution in [2.24, 2.45) is 5.41 Å². The average Bonchev–Trinajstić information content (AvgIpc) is 2.91. The number of para-hydroxylation sites is 1. The molecule has 6 heteroatoms. The summed E-state index contributed by atoms with van der Waals surface area (Å²) in [5.74, 6) is -0.957. The number of nitrogens with one attached hydrogen (secondary N) is 1. The highest BCUT2D eigenvalue weighted by Crippen LogP contribution is 2.64. The van der Waals surface area contributed by atoms with Crippen molar-refractivity contribution in [1.29, 1.82) is 0 Å². The van der Waals surface area contributed by atoms with Gasteiger partial charge in [-0.3, -0.25) is 9.59 Å². The third kappa shape index (κ3) is 2.91. The molecule has 1 aliphatic rings. The summed E-state index contributed by atoms with van der Waals surface area (Å²) in [6.45, 7) is 3.13. The zero-order chi connectivity index (χ0) is 15.0. The summed E-state index contributed by atoms with van der Waals surface area (Å²) >= 11 is 11.8. The van der Waals surface area contributed by atoms with Gasteiger partial charge in [-0.2, -0.15) is 0 Å². The van der Waals surface area contributed by atoms with Gasteiger partial charge in [-0.1, -0.05) is 18.2 Å². The summed E-state index contributed by atoms with van der Waals surface area (Å²) in [5, 5.41) is 2.66. The number of esters is 1. The number of hydrogen-bond acceptors (Lipinski definition) is 3. The summed E-state index contributed by atoms with van der Waals surface area (Å²) < 4.78 is 4.03. The van der Waals surface area contributed by atoms with Gasteiger partial charge in [0.15, 0.2) is 6.10 Å². The molecule has 1 saturated carbocycles. The first-order chi connectivity index (χ1) is 9.26. The number of hydrogen-bond donors (Lipinski definition) is 1. The molecule has 0 spiro atoms. The van der Waals surface area contributed by atoms with Crippen molar-refractivity contribution in [3.63, 3.8) is 0 Å². The molecular weight excluding hydrogens is 301 g/mol. The van der Waals surface area contributed by atoms with Gasteiger partial charge >= 0.3 is 5.97 Å². The second-order valence-electron chi connectivity index (χ2n) is 5.12. The average molecular weight is 316 g/mol. The Labute approximate surface area is 127 Å². The molecule has 1 aromatic carbocycles. The largest absolute Gasteiger partial charge is 0.452 e. The van der Waals surface area contributed by atoms with E-state index in [0.29, 0.717) is 12.1 Å². The highest BCUT2D eigenvalue weighted by atomic mass is 35.5. The maximum absolute atomic E-state index is 11.9. The summed E-state index contributed by atoms with van der Waals surface area (Å²) in [7, 11) is 0. The predicted octanol–water partition coefficient (Wildman–Crippen LogP) is 3.14. The SMILES string of the molecule is C[C@@H](OC(=O)[C@]1(C)CC1(Cl)Cl)C(=O)Nc1ccccc1. The van der Waals surface area contributed by atoms with E-state index in [4.69, 9.17) is 27.9 Å². The zero-order valence-electron chi connectivity index (χ0n) is 11.2. The quantitative estimate of drug-likeness (QED) is 0.686. The van der Waals surface area contributed by atoms with Gasteiger partial charge in [0.05, 0.1) is 0 Å². The standard InChI is InChI=1S/C14H15Cl2NO3/c1-9(11(18)17-10-6-4-3-5-7-10)20-12(19)13(2)8-14(13,15)16/h3-7,9H,8H2,1-2H3,(H,17,18)/t9-,13+/m1/s1. The molecule has 1 aliphatic carbocycles. The van der Waals surface area contributed by atoms with Crippen LogP contribution in [0.15, 0.2) is 30.3 Å². The van der Waals surface area contributed by atoms with E-state index in [1.165, 1.54) is 6.92 Å². The zero-order valence-corrected chi connectivity index (χ0v) is 12.7. The van der Waals surface area contributed by atoms with Crippen LogP contribution in [0.5, 0.6) is 0 Å². The van der Waals surface area contributed by atoms with Crippen LogP contribution in [0.4, 0.5) is 5.69 Å². The summed E-state index contributed by atoms with van der Waals surface area (Å²) in [6, 6.07) is 8.93. The maximum atomic E-state index is 11.9. The van der Waals surface area contributed by atoms with Crippen molar-refractivity contribution in [2.45, 2.75) is 30.7 Å². The van der Waals surface area contributed by atoms with Gasteiger partial charge in [-0.15, -0.1) is 23.2 Å². The maximum Gasteiger partial charge on any atom is 0.315 e. The summed E-state index contributed by atoms with van der Waals surface area (Å²) in [5.41, 5.74) is -0.292. The number of carbonyl (C=O) groups excluding carboxylic acids is 2. The first-order valence-corrected chi connectivity index (χ1v) is 6.97. The molecule has 1 aromatic rings. The van der Waals surface area contributed by atoms with E-state index in [1.54, 1.807) is 31.2 Å². The third-order valence-electron chi connectivity index (χ3n) is 3.40. The van der Waals surface area contributed by atoms with Gasteiger partial charge in [0.2, 0.25) is 0 Å². The highest BCUT2D eigenvalue weighted by Gasteiger charge is 2.69. The lowest BCUT2D eigenvalue weighted by atomic mass is 10.1. The fraction of sp³-hybridized carbons (Fsp3) is 0.429. The monoisotopic (exact) mass is 315 g/mol. The molecule has 0 bridgehead atoms. The molecule has 1 N–H and O–H groups in total. The topological polar surface area (TPSA) is 55.4 Å². The van der Waals surface area contributed by atoms with E-state index in [1.807, 2.05) is 6.07 Å². The predicted molar refractivity (Wildman–Crippen MR) is 77.8 cm³/mol. The number of halogens is 2. The van der Waals surface area contributed by atoms with Crippen molar-refractivity contribution < 1.29 is 14.3 Å². The van der Waals surface area contributed by atoms with Crippen LogP contribution in [0, 0.1) is 5.41 Å². The molecule has 20 heavy (non-hydrogen) atoms. The van der Waals surface area contributed by atoms with Crippen molar-refractivity contribution in [3.05, 3.63) is 30.3 Å². The molecule has 4 nitrogen and oxygen atoms in total. The van der Waals surface area contributed by atoms with E-state index in [-0.39, 0.29) is 0 Å². The lowest BCUT2D eigenvalue weighted by Crippen LogP contribution is -2.33. The van der Waals surface area contributed by atoms with Crippen LogP contribution >= 0.6 is 23.2 Å². The molecule has 108 valence electrons. The summed E-state index contributed by atoms with van der Waals surface area (Å²) in [6.07, 6.45) is -0.584. The van der Waals surface area contributed by atoms with E-state index >= 15 is 0 Å². The Morgan fingerprint density at radius 3 is 2.35 bits per heavy atom. The third-order valence-corrected chi connectivity index (χ3v) is 4.50. The molecule has 0 aliphatic heterocycles. The number of amides is 1. The van der Waals surface area contributed by atoms with Gasteiger partial charge < -0.3 is 10.1 Å². The van der Waals surface area contributed by atoms with Gasteiger partial charge in [-0.05, 0) is 26.0 Å². The van der Waals surface area contributed by atoms with Crippen LogP contribution in [0.2, 0.25) is 0 Å². The Morgan fingerprint density at radius 2 is 1.85 bits per heavy atom. The minimum absolute atomic E-state index is 0.328. The molecule has 0 aromatic heterocycles. The second kappa shape index (κ2) is 5.26. The Balaban J connectivity index is 1.91. The van der Waals surface area contributed by atoms with E-state index in [2.05, 4.69) is 5.32 Å². The number of ether oxygens (including phenoxy) is 1. The van der Waals surface area contributed by atoms with Gasteiger partial charge in [0, 0.05) is 12.1 Å². The Hall–Kier alpha value is -1.26. The van der Waals surface area contributed by atoms with Gasteiger partial charge in [0.1, 0.15) is 9.75 Å². The second-order valence-corrected chi connectivity index (χ2v) is 6.60. The normalized spacial score (nSPS) is 24.6. The van der Waals surface area contributed by atoms with E-state index in [0.717, 1.165) is 0 Å².